The molecular weight excluding hydrogens is 242 g/mol. The van der Waals surface area contributed by atoms with E-state index in [-0.39, 0.29) is 12.5 Å². The van der Waals surface area contributed by atoms with Crippen LogP contribution in [0.2, 0.25) is 0 Å². The predicted molar refractivity (Wildman–Crippen MR) is 63.0 cm³/mol. The van der Waals surface area contributed by atoms with Crippen LogP contribution in [0, 0.1) is 11.6 Å². The maximum absolute atomic E-state index is 13.0. The molecular formula is C12H16F2N2O2. The molecule has 3 N–H and O–H groups in total. The molecule has 0 aliphatic carbocycles. The fraction of sp³-hybridized carbons (Fsp3) is 0.417. The van der Waals surface area contributed by atoms with Crippen LogP contribution in [0.25, 0.3) is 0 Å². The van der Waals surface area contributed by atoms with Gasteiger partial charge in [-0.15, -0.1) is 0 Å². The number of hydrogen-bond donors (Lipinski definition) is 3. The van der Waals surface area contributed by atoms with Crippen molar-refractivity contribution in [2.45, 2.75) is 26.4 Å². The number of aromatic hydroxyl groups is 1. The number of rotatable bonds is 5. The van der Waals surface area contributed by atoms with Crippen LogP contribution in [0.4, 0.5) is 8.78 Å². The lowest BCUT2D eigenvalue weighted by atomic mass is 10.2. The molecule has 0 aliphatic heterocycles. The van der Waals surface area contributed by atoms with Crippen molar-refractivity contribution in [1.82, 2.24) is 10.6 Å². The summed E-state index contributed by atoms with van der Waals surface area (Å²) < 4.78 is 26.1. The first-order valence-corrected chi connectivity index (χ1v) is 5.63. The van der Waals surface area contributed by atoms with Gasteiger partial charge in [-0.3, -0.25) is 4.79 Å². The summed E-state index contributed by atoms with van der Waals surface area (Å²) in [4.78, 5) is 11.4. The topological polar surface area (TPSA) is 61.4 Å². The summed E-state index contributed by atoms with van der Waals surface area (Å²) in [5.41, 5.74) is 0.318. The van der Waals surface area contributed by atoms with E-state index in [1.165, 1.54) is 0 Å². The molecule has 1 atom stereocenters. The molecule has 1 rings (SSSR count). The van der Waals surface area contributed by atoms with Gasteiger partial charge >= 0.3 is 0 Å². The quantitative estimate of drug-likeness (QED) is 0.745. The predicted octanol–water partition coefficient (Wildman–Crippen LogP) is 1.28. The van der Waals surface area contributed by atoms with Gasteiger partial charge in [-0.05, 0) is 31.5 Å². The Morgan fingerprint density at radius 1 is 1.39 bits per heavy atom. The number of benzene rings is 1. The number of phenolic OH excluding ortho intramolecular Hbond substituents is 1. The lowest BCUT2D eigenvalue weighted by Gasteiger charge is -2.13. The van der Waals surface area contributed by atoms with E-state index in [2.05, 4.69) is 10.6 Å². The van der Waals surface area contributed by atoms with Crippen LogP contribution in [0.3, 0.4) is 0 Å². The Morgan fingerprint density at radius 2 is 1.94 bits per heavy atom. The normalized spacial score (nSPS) is 12.2. The zero-order valence-corrected chi connectivity index (χ0v) is 10.3. The summed E-state index contributed by atoms with van der Waals surface area (Å²) in [5, 5.41) is 14.4. The third-order valence-electron chi connectivity index (χ3n) is 2.43. The lowest BCUT2D eigenvalue weighted by Crippen LogP contribution is -2.41. The van der Waals surface area contributed by atoms with E-state index < -0.39 is 23.4 Å². The van der Waals surface area contributed by atoms with Crippen LogP contribution in [0.15, 0.2) is 12.1 Å². The van der Waals surface area contributed by atoms with Gasteiger partial charge in [-0.25, -0.2) is 8.78 Å². The van der Waals surface area contributed by atoms with E-state index in [9.17, 15) is 13.6 Å². The maximum Gasteiger partial charge on any atom is 0.236 e. The van der Waals surface area contributed by atoms with Gasteiger partial charge in [0, 0.05) is 13.1 Å². The van der Waals surface area contributed by atoms with E-state index in [0.29, 0.717) is 12.1 Å². The Balaban J connectivity index is 2.61. The average molecular weight is 258 g/mol. The minimum atomic E-state index is -1.02. The van der Waals surface area contributed by atoms with Crippen LogP contribution in [0.5, 0.6) is 5.75 Å². The smallest absolute Gasteiger partial charge is 0.236 e. The highest BCUT2D eigenvalue weighted by molar-refractivity contribution is 5.81. The molecule has 0 saturated carbocycles. The van der Waals surface area contributed by atoms with Crippen LogP contribution in [-0.2, 0) is 11.3 Å². The van der Waals surface area contributed by atoms with Gasteiger partial charge in [0.05, 0.1) is 6.04 Å². The molecule has 18 heavy (non-hydrogen) atoms. The second-order valence-corrected chi connectivity index (χ2v) is 3.91. The van der Waals surface area contributed by atoms with Crippen molar-refractivity contribution in [1.29, 1.82) is 0 Å². The summed E-state index contributed by atoms with van der Waals surface area (Å²) in [7, 11) is 0. The first-order chi connectivity index (χ1) is 8.45. The molecule has 1 unspecified atom stereocenters. The Bertz CT molecular complexity index is 415. The van der Waals surface area contributed by atoms with Gasteiger partial charge in [-0.2, -0.15) is 0 Å². The zero-order valence-electron chi connectivity index (χ0n) is 10.3. The molecule has 0 aliphatic rings. The summed E-state index contributed by atoms with van der Waals surface area (Å²) in [6.07, 6.45) is 0. The van der Waals surface area contributed by atoms with E-state index in [1.54, 1.807) is 13.8 Å². The number of nitrogens with one attached hydrogen (secondary N) is 2. The minimum absolute atomic E-state index is 0.131. The molecule has 0 spiro atoms. The summed E-state index contributed by atoms with van der Waals surface area (Å²) >= 11 is 0. The van der Waals surface area contributed by atoms with Crippen LogP contribution in [0.1, 0.15) is 19.4 Å². The molecule has 1 aromatic rings. The standard InChI is InChI=1S/C12H16F2N2O2/c1-3-15-12(18)7(2)16-6-8-4-9(13)11(17)10(14)5-8/h4-5,7,16-17H,3,6H2,1-2H3,(H,15,18). The Kier molecular flexibility index (Phi) is 5.03. The Morgan fingerprint density at radius 3 is 2.44 bits per heavy atom. The Labute approximate surface area is 104 Å². The first kappa shape index (κ1) is 14.4. The van der Waals surface area contributed by atoms with Crippen LogP contribution < -0.4 is 10.6 Å². The number of likely N-dealkylation sites (N-methyl/N-ethyl adjacent to an activating group) is 1. The van der Waals surface area contributed by atoms with E-state index in [4.69, 9.17) is 5.11 Å². The number of carbonyl (C=O) groups excluding carboxylic acids is 1. The van der Waals surface area contributed by atoms with Crippen molar-refractivity contribution >= 4 is 5.91 Å². The second kappa shape index (κ2) is 6.30. The number of amides is 1. The molecule has 0 heterocycles. The fourth-order valence-electron chi connectivity index (χ4n) is 1.41. The van der Waals surface area contributed by atoms with Crippen molar-refractivity contribution in [3.63, 3.8) is 0 Å². The molecule has 0 fully saturated rings. The maximum atomic E-state index is 13.0. The van der Waals surface area contributed by atoms with Gasteiger partial charge in [-0.1, -0.05) is 0 Å². The zero-order chi connectivity index (χ0) is 13.7. The van der Waals surface area contributed by atoms with Crippen LogP contribution in [-0.4, -0.2) is 23.6 Å². The molecule has 100 valence electrons. The summed E-state index contributed by atoms with van der Waals surface area (Å²) in [5.74, 6) is -3.21. The summed E-state index contributed by atoms with van der Waals surface area (Å²) in [6.45, 7) is 4.10. The molecule has 4 nitrogen and oxygen atoms in total. The third-order valence-corrected chi connectivity index (χ3v) is 2.43. The monoisotopic (exact) mass is 258 g/mol. The third kappa shape index (κ3) is 3.66. The highest BCUT2D eigenvalue weighted by Gasteiger charge is 2.13. The average Bonchev–Trinajstić information content (AvgIpc) is 2.33. The van der Waals surface area contributed by atoms with E-state index in [1.807, 2.05) is 0 Å². The molecule has 0 aromatic heterocycles. The molecule has 1 aromatic carbocycles. The van der Waals surface area contributed by atoms with Crippen molar-refractivity contribution < 1.29 is 18.7 Å². The van der Waals surface area contributed by atoms with Gasteiger partial charge in [0.25, 0.3) is 0 Å². The number of phenols is 1. The van der Waals surface area contributed by atoms with Crippen molar-refractivity contribution in [2.24, 2.45) is 0 Å². The molecule has 6 heteroatoms. The van der Waals surface area contributed by atoms with Crippen molar-refractivity contribution in [3.05, 3.63) is 29.3 Å². The van der Waals surface area contributed by atoms with Gasteiger partial charge < -0.3 is 15.7 Å². The van der Waals surface area contributed by atoms with Crippen LogP contribution >= 0.6 is 0 Å². The van der Waals surface area contributed by atoms with Gasteiger partial charge in [0.2, 0.25) is 5.91 Å². The van der Waals surface area contributed by atoms with Gasteiger partial charge in [0.15, 0.2) is 17.4 Å². The van der Waals surface area contributed by atoms with Gasteiger partial charge in [0.1, 0.15) is 0 Å². The molecule has 1 amide bonds. The summed E-state index contributed by atoms with van der Waals surface area (Å²) in [6, 6.07) is 1.58. The fourth-order valence-corrected chi connectivity index (χ4v) is 1.41. The van der Waals surface area contributed by atoms with E-state index >= 15 is 0 Å². The lowest BCUT2D eigenvalue weighted by molar-refractivity contribution is -0.122. The minimum Gasteiger partial charge on any atom is -0.503 e. The number of halogens is 2. The Hall–Kier alpha value is -1.69. The highest BCUT2D eigenvalue weighted by Crippen LogP contribution is 2.21. The highest BCUT2D eigenvalue weighted by atomic mass is 19.1. The molecule has 0 saturated heterocycles. The SMILES string of the molecule is CCNC(=O)C(C)NCc1cc(F)c(O)c(F)c1. The number of carbonyl (C=O) groups is 1. The molecule has 0 radical (unpaired) electrons. The van der Waals surface area contributed by atoms with E-state index in [0.717, 1.165) is 12.1 Å². The molecule has 0 bridgehead atoms. The largest absolute Gasteiger partial charge is 0.503 e. The second-order valence-electron chi connectivity index (χ2n) is 3.91. The number of hydrogen-bond acceptors (Lipinski definition) is 3. The van der Waals surface area contributed by atoms with Crippen molar-refractivity contribution in [2.75, 3.05) is 6.54 Å². The van der Waals surface area contributed by atoms with Crippen molar-refractivity contribution in [3.8, 4) is 5.75 Å². The first-order valence-electron chi connectivity index (χ1n) is 5.63.